The van der Waals surface area contributed by atoms with Gasteiger partial charge in [-0.3, -0.25) is 9.48 Å². The molecule has 1 aromatic rings. The molecule has 0 saturated carbocycles. The molecule has 2 atom stereocenters. The first kappa shape index (κ1) is 16.3. The van der Waals surface area contributed by atoms with E-state index in [1.54, 1.807) is 0 Å². The lowest BCUT2D eigenvalue weighted by molar-refractivity contribution is -0.142. The largest absolute Gasteiger partial charge is 0.436 e. The number of amides is 1. The van der Waals surface area contributed by atoms with Gasteiger partial charge < -0.3 is 9.64 Å². The number of nitrogens with zero attached hydrogens (tertiary/aromatic N) is 3. The normalized spacial score (nSPS) is 23.5. The number of alkyl halides is 3. The van der Waals surface area contributed by atoms with Crippen LogP contribution in [0.25, 0.3) is 0 Å². The number of halogens is 4. The first-order valence-corrected chi connectivity index (χ1v) is 7.15. The van der Waals surface area contributed by atoms with Crippen LogP contribution in [-0.2, 0) is 18.0 Å². The van der Waals surface area contributed by atoms with Crippen LogP contribution < -0.4 is 0 Å². The molecule has 2 heterocycles. The topological polar surface area (TPSA) is 47.4 Å². The standard InChI is InChI=1S/C12H15BrF3N3O2/c1-6-4-19(5-7(2)21-6)11(20)9-8(13)10(12(14,15)16)17-18(9)3/h6-7H,4-5H2,1-3H3/t6-,7-/m0/s1. The van der Waals surface area contributed by atoms with E-state index in [-0.39, 0.29) is 22.4 Å². The average molecular weight is 370 g/mol. The van der Waals surface area contributed by atoms with Gasteiger partial charge in [0, 0.05) is 20.1 Å². The lowest BCUT2D eigenvalue weighted by Gasteiger charge is -2.35. The zero-order valence-corrected chi connectivity index (χ0v) is 13.3. The Hall–Kier alpha value is -1.09. The SMILES string of the molecule is C[C@H]1CN(C(=O)c2c(Br)c(C(F)(F)F)nn2C)C[C@H](C)O1. The second-order valence-electron chi connectivity index (χ2n) is 5.10. The van der Waals surface area contributed by atoms with Crippen molar-refractivity contribution in [2.24, 2.45) is 7.05 Å². The molecule has 2 rings (SSSR count). The molecule has 1 aromatic heterocycles. The van der Waals surface area contributed by atoms with E-state index in [1.165, 1.54) is 11.9 Å². The average Bonchev–Trinajstić information content (AvgIpc) is 2.62. The van der Waals surface area contributed by atoms with Gasteiger partial charge in [0.15, 0.2) is 5.69 Å². The summed E-state index contributed by atoms with van der Waals surface area (Å²) in [6.07, 6.45) is -4.93. The van der Waals surface area contributed by atoms with E-state index in [1.807, 2.05) is 13.8 Å². The fourth-order valence-corrected chi connectivity index (χ4v) is 3.14. The number of hydrogen-bond donors (Lipinski definition) is 0. The number of aromatic nitrogens is 2. The minimum Gasteiger partial charge on any atom is -0.372 e. The van der Waals surface area contributed by atoms with Crippen LogP contribution in [0.3, 0.4) is 0 Å². The highest BCUT2D eigenvalue weighted by atomic mass is 79.9. The predicted molar refractivity (Wildman–Crippen MR) is 71.8 cm³/mol. The maximum Gasteiger partial charge on any atom is 0.436 e. The van der Waals surface area contributed by atoms with E-state index in [4.69, 9.17) is 4.74 Å². The molecule has 9 heteroatoms. The summed E-state index contributed by atoms with van der Waals surface area (Å²) in [4.78, 5) is 14.0. The molecule has 1 fully saturated rings. The minimum absolute atomic E-state index is 0.108. The van der Waals surface area contributed by atoms with Gasteiger partial charge in [-0.05, 0) is 29.8 Å². The molecule has 0 aromatic carbocycles. The van der Waals surface area contributed by atoms with E-state index in [0.29, 0.717) is 13.1 Å². The number of hydrogen-bond acceptors (Lipinski definition) is 3. The van der Waals surface area contributed by atoms with Crippen LogP contribution in [0.4, 0.5) is 13.2 Å². The Bertz CT molecular complexity index is 549. The first-order valence-electron chi connectivity index (χ1n) is 6.35. The van der Waals surface area contributed by atoms with Gasteiger partial charge in [0.1, 0.15) is 5.69 Å². The third-order valence-corrected chi connectivity index (χ3v) is 3.92. The smallest absolute Gasteiger partial charge is 0.372 e. The molecule has 0 unspecified atom stereocenters. The van der Waals surface area contributed by atoms with Crippen molar-refractivity contribution in [1.82, 2.24) is 14.7 Å². The highest BCUT2D eigenvalue weighted by Gasteiger charge is 2.40. The number of rotatable bonds is 1. The number of carbonyl (C=O) groups is 1. The lowest BCUT2D eigenvalue weighted by atomic mass is 10.2. The van der Waals surface area contributed by atoms with E-state index < -0.39 is 17.8 Å². The molecule has 0 N–H and O–H groups in total. The van der Waals surface area contributed by atoms with Gasteiger partial charge in [0.25, 0.3) is 5.91 Å². The Morgan fingerprint density at radius 2 is 1.86 bits per heavy atom. The maximum absolute atomic E-state index is 12.8. The van der Waals surface area contributed by atoms with Crippen molar-refractivity contribution in [1.29, 1.82) is 0 Å². The van der Waals surface area contributed by atoms with Gasteiger partial charge in [0.05, 0.1) is 16.7 Å². The van der Waals surface area contributed by atoms with Crippen LogP contribution in [0, 0.1) is 0 Å². The highest BCUT2D eigenvalue weighted by Crippen LogP contribution is 2.36. The highest BCUT2D eigenvalue weighted by molar-refractivity contribution is 9.10. The Labute approximate surface area is 128 Å². The maximum atomic E-state index is 12.8. The lowest BCUT2D eigenvalue weighted by Crippen LogP contribution is -2.48. The summed E-state index contributed by atoms with van der Waals surface area (Å²) in [7, 11) is 1.32. The van der Waals surface area contributed by atoms with E-state index in [2.05, 4.69) is 21.0 Å². The van der Waals surface area contributed by atoms with Crippen molar-refractivity contribution in [3.05, 3.63) is 15.9 Å². The minimum atomic E-state index is -4.61. The molecule has 0 spiro atoms. The zero-order valence-electron chi connectivity index (χ0n) is 11.7. The van der Waals surface area contributed by atoms with Gasteiger partial charge >= 0.3 is 6.18 Å². The number of aryl methyl sites for hydroxylation is 1. The molecule has 1 saturated heterocycles. The number of ether oxygens (including phenoxy) is 1. The summed E-state index contributed by atoms with van der Waals surface area (Å²) in [6.45, 7) is 4.30. The van der Waals surface area contributed by atoms with Crippen LogP contribution in [0.15, 0.2) is 4.47 Å². The molecule has 0 radical (unpaired) electrons. The summed E-state index contributed by atoms with van der Waals surface area (Å²) in [5.74, 6) is -0.491. The van der Waals surface area contributed by atoms with Crippen LogP contribution in [0.2, 0.25) is 0 Å². The monoisotopic (exact) mass is 369 g/mol. The molecular weight excluding hydrogens is 355 g/mol. The van der Waals surface area contributed by atoms with Gasteiger partial charge in [0.2, 0.25) is 0 Å². The van der Waals surface area contributed by atoms with Crippen LogP contribution in [-0.4, -0.2) is 45.9 Å². The molecule has 5 nitrogen and oxygen atoms in total. The van der Waals surface area contributed by atoms with Crippen molar-refractivity contribution < 1.29 is 22.7 Å². The zero-order chi connectivity index (χ0) is 15.9. The molecule has 21 heavy (non-hydrogen) atoms. The van der Waals surface area contributed by atoms with Crippen LogP contribution >= 0.6 is 15.9 Å². The summed E-state index contributed by atoms with van der Waals surface area (Å²) in [5.41, 5.74) is -1.20. The van der Waals surface area contributed by atoms with Crippen LogP contribution in [0.1, 0.15) is 30.0 Å². The molecule has 0 aliphatic carbocycles. The Kier molecular flexibility index (Phi) is 4.34. The van der Waals surface area contributed by atoms with Gasteiger partial charge in [-0.15, -0.1) is 0 Å². The fraction of sp³-hybridized carbons (Fsp3) is 0.667. The summed E-state index contributed by atoms with van der Waals surface area (Å²) >= 11 is 2.85. The predicted octanol–water partition coefficient (Wildman–Crippen LogP) is 2.45. The van der Waals surface area contributed by atoms with E-state index in [0.717, 1.165) is 4.68 Å². The van der Waals surface area contributed by atoms with Crippen molar-refractivity contribution in [2.75, 3.05) is 13.1 Å². The van der Waals surface area contributed by atoms with Crippen molar-refractivity contribution in [2.45, 2.75) is 32.2 Å². The fourth-order valence-electron chi connectivity index (χ4n) is 2.41. The number of morpholine rings is 1. The molecule has 1 amide bonds. The molecule has 1 aliphatic rings. The van der Waals surface area contributed by atoms with E-state index in [9.17, 15) is 18.0 Å². The van der Waals surface area contributed by atoms with Crippen molar-refractivity contribution in [3.8, 4) is 0 Å². The first-order chi connectivity index (χ1) is 9.61. The number of carbonyl (C=O) groups excluding carboxylic acids is 1. The van der Waals surface area contributed by atoms with Gasteiger partial charge in [-0.2, -0.15) is 18.3 Å². The summed E-state index contributed by atoms with van der Waals surface area (Å²) in [6, 6.07) is 0. The Balaban J connectivity index is 2.34. The second kappa shape index (κ2) is 5.60. The molecule has 0 bridgehead atoms. The summed E-state index contributed by atoms with van der Waals surface area (Å²) in [5, 5.41) is 3.40. The third kappa shape index (κ3) is 3.23. The quantitative estimate of drug-likeness (QED) is 0.763. The van der Waals surface area contributed by atoms with Crippen LogP contribution in [0.5, 0.6) is 0 Å². The Morgan fingerprint density at radius 1 is 1.33 bits per heavy atom. The Morgan fingerprint density at radius 3 is 2.29 bits per heavy atom. The molecule has 118 valence electrons. The summed E-state index contributed by atoms with van der Waals surface area (Å²) < 4.78 is 44.6. The molecular formula is C12H15BrF3N3O2. The third-order valence-electron chi connectivity index (χ3n) is 3.17. The second-order valence-corrected chi connectivity index (χ2v) is 5.89. The van der Waals surface area contributed by atoms with Crippen molar-refractivity contribution >= 4 is 21.8 Å². The van der Waals surface area contributed by atoms with Crippen molar-refractivity contribution in [3.63, 3.8) is 0 Å². The molecule has 1 aliphatic heterocycles. The van der Waals surface area contributed by atoms with Gasteiger partial charge in [-0.25, -0.2) is 0 Å². The van der Waals surface area contributed by atoms with Gasteiger partial charge in [-0.1, -0.05) is 0 Å². The van der Waals surface area contributed by atoms with E-state index >= 15 is 0 Å².